The molecular formula is C16H36N2O2S. The molecule has 0 spiro atoms. The van der Waals surface area contributed by atoms with E-state index < -0.39 is 11.3 Å². The van der Waals surface area contributed by atoms with Crippen LogP contribution in [0.15, 0.2) is 0 Å². The Kier molecular flexibility index (Phi) is 13.7. The van der Waals surface area contributed by atoms with Crippen LogP contribution in [-0.4, -0.2) is 26.9 Å². The summed E-state index contributed by atoms with van der Waals surface area (Å²) in [7, 11) is 0. The Morgan fingerprint density at radius 2 is 1.38 bits per heavy atom. The lowest BCUT2D eigenvalue weighted by Crippen LogP contribution is -2.44. The summed E-state index contributed by atoms with van der Waals surface area (Å²) >= 11 is -1.97. The average molecular weight is 321 g/mol. The lowest BCUT2D eigenvalue weighted by atomic mass is 9.96. The summed E-state index contributed by atoms with van der Waals surface area (Å²) in [6.45, 7) is 10.6. The third-order valence-corrected chi connectivity index (χ3v) is 4.67. The van der Waals surface area contributed by atoms with Gasteiger partial charge in [0.1, 0.15) is 0 Å². The molecule has 5 heteroatoms. The van der Waals surface area contributed by atoms with E-state index in [0.29, 0.717) is 11.8 Å². The molecule has 0 aromatic rings. The molecule has 0 aliphatic heterocycles. The van der Waals surface area contributed by atoms with E-state index in [0.717, 1.165) is 25.9 Å². The second-order valence-electron chi connectivity index (χ2n) is 6.08. The summed E-state index contributed by atoms with van der Waals surface area (Å²) in [6, 6.07) is 0. The highest BCUT2D eigenvalue weighted by Gasteiger charge is 2.17. The van der Waals surface area contributed by atoms with E-state index in [-0.39, 0.29) is 0 Å². The van der Waals surface area contributed by atoms with Crippen molar-refractivity contribution in [3.63, 3.8) is 0 Å². The smallest absolute Gasteiger partial charge is 0.246 e. The molecule has 0 heterocycles. The first-order chi connectivity index (χ1) is 10.1. The van der Waals surface area contributed by atoms with Crippen LogP contribution in [0.4, 0.5) is 0 Å². The van der Waals surface area contributed by atoms with E-state index in [1.54, 1.807) is 0 Å². The maximum atomic E-state index is 11.1. The zero-order valence-corrected chi connectivity index (χ0v) is 15.3. The maximum Gasteiger partial charge on any atom is 0.246 e. The predicted molar refractivity (Wildman–Crippen MR) is 92.1 cm³/mol. The first-order valence-corrected chi connectivity index (χ1v) is 9.79. The topological polar surface area (TPSA) is 52.6 Å². The molecule has 0 rings (SSSR count). The van der Waals surface area contributed by atoms with E-state index in [9.17, 15) is 4.21 Å². The van der Waals surface area contributed by atoms with Crippen molar-refractivity contribution in [2.75, 3.05) is 13.1 Å². The highest BCUT2D eigenvalue weighted by Crippen LogP contribution is 2.17. The number of hydrazine groups is 1. The molecule has 4 nitrogen and oxygen atoms in total. The van der Waals surface area contributed by atoms with Gasteiger partial charge < -0.3 is 0 Å². The number of nitrogens with zero attached hydrogens (tertiary/aromatic N) is 1. The Hall–Kier alpha value is 0.0300. The van der Waals surface area contributed by atoms with Crippen molar-refractivity contribution in [3.05, 3.63) is 0 Å². The Labute approximate surface area is 134 Å². The molecule has 0 aromatic heterocycles. The highest BCUT2D eigenvalue weighted by molar-refractivity contribution is 7.77. The molecule has 128 valence electrons. The van der Waals surface area contributed by atoms with Crippen molar-refractivity contribution in [2.24, 2.45) is 11.8 Å². The van der Waals surface area contributed by atoms with Gasteiger partial charge in [0, 0.05) is 13.1 Å². The minimum Gasteiger partial charge on any atom is -0.293 e. The van der Waals surface area contributed by atoms with Gasteiger partial charge in [-0.2, -0.15) is 0 Å². The second-order valence-corrected chi connectivity index (χ2v) is 6.76. The lowest BCUT2D eigenvalue weighted by Gasteiger charge is -2.29. The molecule has 0 amide bonds. The van der Waals surface area contributed by atoms with Crippen molar-refractivity contribution >= 4 is 11.3 Å². The molecule has 3 unspecified atom stereocenters. The van der Waals surface area contributed by atoms with Gasteiger partial charge in [0.25, 0.3) is 0 Å². The number of hydrogen-bond donors (Lipinski definition) is 2. The fourth-order valence-electron chi connectivity index (χ4n) is 2.72. The van der Waals surface area contributed by atoms with Gasteiger partial charge in [-0.15, -0.1) is 4.83 Å². The largest absolute Gasteiger partial charge is 0.293 e. The van der Waals surface area contributed by atoms with Crippen LogP contribution < -0.4 is 4.83 Å². The van der Waals surface area contributed by atoms with Crippen LogP contribution in [0.25, 0.3) is 0 Å². The van der Waals surface area contributed by atoms with Crippen molar-refractivity contribution in [3.8, 4) is 0 Å². The molecule has 0 aliphatic rings. The van der Waals surface area contributed by atoms with Crippen LogP contribution in [0.3, 0.4) is 0 Å². The van der Waals surface area contributed by atoms with Gasteiger partial charge in [0.05, 0.1) is 0 Å². The van der Waals surface area contributed by atoms with Gasteiger partial charge >= 0.3 is 0 Å². The van der Waals surface area contributed by atoms with E-state index in [1.807, 2.05) is 5.01 Å². The molecule has 0 aromatic carbocycles. The van der Waals surface area contributed by atoms with E-state index in [2.05, 4.69) is 32.5 Å². The van der Waals surface area contributed by atoms with Gasteiger partial charge in [-0.3, -0.25) is 4.55 Å². The normalized spacial score (nSPS) is 16.1. The first kappa shape index (κ1) is 21.0. The summed E-state index contributed by atoms with van der Waals surface area (Å²) in [5.41, 5.74) is 0. The fraction of sp³-hybridized carbons (Fsp3) is 1.00. The fourth-order valence-corrected chi connectivity index (χ4v) is 3.09. The molecule has 0 fully saturated rings. The van der Waals surface area contributed by atoms with Crippen molar-refractivity contribution in [2.45, 2.75) is 79.1 Å². The van der Waals surface area contributed by atoms with E-state index >= 15 is 0 Å². The summed E-state index contributed by atoms with van der Waals surface area (Å²) < 4.78 is 20.3. The van der Waals surface area contributed by atoms with Crippen LogP contribution in [0.5, 0.6) is 0 Å². The maximum absolute atomic E-state index is 11.1. The Morgan fingerprint density at radius 3 is 1.67 bits per heavy atom. The predicted octanol–water partition coefficient (Wildman–Crippen LogP) is 4.36. The third-order valence-electron chi connectivity index (χ3n) is 4.25. The summed E-state index contributed by atoms with van der Waals surface area (Å²) in [5.74, 6) is 1.20. The third kappa shape index (κ3) is 11.3. The van der Waals surface area contributed by atoms with Gasteiger partial charge in [-0.05, 0) is 24.7 Å². The lowest BCUT2D eigenvalue weighted by molar-refractivity contribution is 0.156. The van der Waals surface area contributed by atoms with Gasteiger partial charge in [-0.1, -0.05) is 66.2 Å². The van der Waals surface area contributed by atoms with Crippen molar-refractivity contribution in [1.82, 2.24) is 9.84 Å². The van der Waals surface area contributed by atoms with E-state index in [4.69, 9.17) is 4.55 Å². The number of hydrogen-bond acceptors (Lipinski definition) is 2. The van der Waals surface area contributed by atoms with Gasteiger partial charge in [0.15, 0.2) is 0 Å². The summed E-state index contributed by atoms with van der Waals surface area (Å²) in [4.78, 5) is 2.72. The molecule has 0 saturated carbocycles. The van der Waals surface area contributed by atoms with Crippen LogP contribution >= 0.6 is 0 Å². The van der Waals surface area contributed by atoms with Crippen LogP contribution in [0.2, 0.25) is 0 Å². The van der Waals surface area contributed by atoms with Gasteiger partial charge in [0.2, 0.25) is 11.3 Å². The monoisotopic (exact) mass is 320 g/mol. The summed E-state index contributed by atoms with van der Waals surface area (Å²) in [6.07, 6.45) is 9.56. The van der Waals surface area contributed by atoms with Crippen molar-refractivity contribution < 1.29 is 8.76 Å². The molecule has 0 radical (unpaired) electrons. The van der Waals surface area contributed by atoms with Gasteiger partial charge in [-0.25, -0.2) is 9.22 Å². The standard InChI is InChI=1S/C16H36N2O2S/c1-5-9-11-15(7-3)13-18(17-21(19)20)14-16(8-4)12-10-6-2/h15-17H,5-14H2,1-4H3,(H,19,20). The molecule has 0 saturated heterocycles. The molecule has 0 aliphatic carbocycles. The summed E-state index contributed by atoms with van der Waals surface area (Å²) in [5, 5.41) is 1.99. The molecule has 2 N–H and O–H groups in total. The Morgan fingerprint density at radius 1 is 0.952 bits per heavy atom. The molecule has 0 bridgehead atoms. The Balaban J connectivity index is 4.49. The van der Waals surface area contributed by atoms with Crippen LogP contribution in [0, 0.1) is 11.8 Å². The van der Waals surface area contributed by atoms with Crippen LogP contribution in [-0.2, 0) is 11.3 Å². The first-order valence-electron chi connectivity index (χ1n) is 8.69. The zero-order valence-electron chi connectivity index (χ0n) is 14.4. The quantitative estimate of drug-likeness (QED) is 0.369. The van der Waals surface area contributed by atoms with E-state index in [1.165, 1.54) is 38.5 Å². The molecular weight excluding hydrogens is 284 g/mol. The minimum atomic E-state index is -1.97. The number of nitrogens with one attached hydrogen (secondary N) is 1. The number of rotatable bonds is 14. The number of unbranched alkanes of at least 4 members (excludes halogenated alkanes) is 2. The van der Waals surface area contributed by atoms with Crippen LogP contribution in [0.1, 0.15) is 79.1 Å². The SMILES string of the molecule is CCCCC(CC)CN(CC(CC)CCCC)NS(=O)O. The van der Waals surface area contributed by atoms with Crippen molar-refractivity contribution in [1.29, 1.82) is 0 Å². The molecule has 3 atom stereocenters. The molecule has 21 heavy (non-hydrogen) atoms. The average Bonchev–Trinajstić information content (AvgIpc) is 2.46. The second kappa shape index (κ2) is 13.7. The minimum absolute atomic E-state index is 0.602. The Bertz CT molecular complexity index is 247. The highest BCUT2D eigenvalue weighted by atomic mass is 32.2. The zero-order chi connectivity index (χ0) is 16.1.